The molecule has 1 heterocycles. The summed E-state index contributed by atoms with van der Waals surface area (Å²) in [4.78, 5) is 21.4. The first-order valence-electron chi connectivity index (χ1n) is 6.12. The molecule has 21 heavy (non-hydrogen) atoms. The Morgan fingerprint density at radius 3 is 2.57 bits per heavy atom. The van der Waals surface area contributed by atoms with Gasteiger partial charge in [-0.05, 0) is 24.1 Å². The minimum Gasteiger partial charge on any atom is -0.502 e. The van der Waals surface area contributed by atoms with E-state index in [1.165, 1.54) is 12.1 Å². The number of aromatic carboxylic acids is 1. The lowest BCUT2D eigenvalue weighted by molar-refractivity contribution is -0.385. The standard InChI is InChI=1S/C13H13N3O5/c1-7(2)9-6-11(13(18)19)15(14-9)8-3-4-12(17)10(5-8)16(20)21/h3-7,17H,1-2H3,(H,18,19). The molecule has 2 rings (SSSR count). The maximum atomic E-state index is 11.3. The molecule has 2 aromatic rings. The number of aromatic hydroxyl groups is 1. The van der Waals surface area contributed by atoms with Crippen LogP contribution in [0.1, 0.15) is 35.9 Å². The highest BCUT2D eigenvalue weighted by Crippen LogP contribution is 2.29. The first-order chi connectivity index (χ1) is 9.81. The van der Waals surface area contributed by atoms with Crippen molar-refractivity contribution in [2.24, 2.45) is 0 Å². The molecule has 0 bridgehead atoms. The molecular weight excluding hydrogens is 278 g/mol. The third kappa shape index (κ3) is 2.69. The van der Waals surface area contributed by atoms with Crippen molar-refractivity contribution in [2.45, 2.75) is 19.8 Å². The van der Waals surface area contributed by atoms with Crippen molar-refractivity contribution in [3.8, 4) is 11.4 Å². The van der Waals surface area contributed by atoms with E-state index in [9.17, 15) is 25.1 Å². The van der Waals surface area contributed by atoms with E-state index in [-0.39, 0.29) is 17.3 Å². The number of phenolic OH excluding ortho intramolecular Hbond substituents is 1. The maximum absolute atomic E-state index is 11.3. The van der Waals surface area contributed by atoms with Crippen LogP contribution in [-0.4, -0.2) is 30.9 Å². The van der Waals surface area contributed by atoms with E-state index in [1.54, 1.807) is 0 Å². The number of hydrogen-bond donors (Lipinski definition) is 2. The van der Waals surface area contributed by atoms with Gasteiger partial charge in [-0.1, -0.05) is 13.8 Å². The molecule has 1 aromatic carbocycles. The van der Waals surface area contributed by atoms with Crippen LogP contribution in [0.3, 0.4) is 0 Å². The Morgan fingerprint density at radius 2 is 2.05 bits per heavy atom. The zero-order valence-electron chi connectivity index (χ0n) is 11.3. The highest BCUT2D eigenvalue weighted by Gasteiger charge is 2.20. The molecule has 0 saturated carbocycles. The Balaban J connectivity index is 2.63. The number of rotatable bonds is 4. The number of nitro benzene ring substituents is 1. The van der Waals surface area contributed by atoms with Crippen molar-refractivity contribution < 1.29 is 19.9 Å². The first-order valence-corrected chi connectivity index (χ1v) is 6.12. The van der Waals surface area contributed by atoms with Gasteiger partial charge in [-0.15, -0.1) is 0 Å². The van der Waals surface area contributed by atoms with Gasteiger partial charge in [0, 0.05) is 6.07 Å². The smallest absolute Gasteiger partial charge is 0.354 e. The molecule has 0 radical (unpaired) electrons. The summed E-state index contributed by atoms with van der Waals surface area (Å²) in [5, 5.41) is 33.6. The Bertz CT molecular complexity index is 721. The van der Waals surface area contributed by atoms with E-state index in [2.05, 4.69) is 5.10 Å². The maximum Gasteiger partial charge on any atom is 0.354 e. The van der Waals surface area contributed by atoms with Crippen molar-refractivity contribution in [3.05, 3.63) is 45.8 Å². The molecule has 0 fully saturated rings. The summed E-state index contributed by atoms with van der Waals surface area (Å²) in [5.41, 5.74) is 0.149. The molecule has 0 spiro atoms. The number of carboxylic acids is 1. The van der Waals surface area contributed by atoms with Crippen LogP contribution in [0.5, 0.6) is 5.75 Å². The first kappa shape index (κ1) is 14.5. The van der Waals surface area contributed by atoms with Crippen LogP contribution in [0.15, 0.2) is 24.3 Å². The second-order valence-corrected chi connectivity index (χ2v) is 4.76. The number of carbonyl (C=O) groups is 1. The number of carboxylic acid groups (broad SMARTS) is 1. The second-order valence-electron chi connectivity index (χ2n) is 4.76. The van der Waals surface area contributed by atoms with Crippen LogP contribution in [0, 0.1) is 10.1 Å². The highest BCUT2D eigenvalue weighted by atomic mass is 16.6. The van der Waals surface area contributed by atoms with E-state index >= 15 is 0 Å². The summed E-state index contributed by atoms with van der Waals surface area (Å²) in [7, 11) is 0. The third-order valence-corrected chi connectivity index (χ3v) is 2.94. The molecule has 8 heteroatoms. The lowest BCUT2D eigenvalue weighted by Crippen LogP contribution is -2.08. The molecule has 0 aliphatic heterocycles. The van der Waals surface area contributed by atoms with Gasteiger partial charge in [-0.2, -0.15) is 5.10 Å². The third-order valence-electron chi connectivity index (χ3n) is 2.94. The molecule has 1 aromatic heterocycles. The van der Waals surface area contributed by atoms with Crippen molar-refractivity contribution in [1.82, 2.24) is 9.78 Å². The van der Waals surface area contributed by atoms with Gasteiger partial charge in [0.25, 0.3) is 0 Å². The second kappa shape index (κ2) is 5.23. The van der Waals surface area contributed by atoms with Crippen LogP contribution in [0.25, 0.3) is 5.69 Å². The lowest BCUT2D eigenvalue weighted by Gasteiger charge is -2.05. The Kier molecular flexibility index (Phi) is 3.62. The number of nitrogens with zero attached hydrogens (tertiary/aromatic N) is 3. The molecule has 0 atom stereocenters. The van der Waals surface area contributed by atoms with E-state index in [4.69, 9.17) is 0 Å². The molecular formula is C13H13N3O5. The van der Waals surface area contributed by atoms with Crippen LogP contribution in [0.4, 0.5) is 5.69 Å². The molecule has 2 N–H and O–H groups in total. The van der Waals surface area contributed by atoms with Gasteiger partial charge >= 0.3 is 11.7 Å². The number of phenols is 1. The van der Waals surface area contributed by atoms with Gasteiger partial charge in [0.05, 0.1) is 16.3 Å². The van der Waals surface area contributed by atoms with Crippen LogP contribution in [-0.2, 0) is 0 Å². The average Bonchev–Trinajstić information content (AvgIpc) is 2.84. The van der Waals surface area contributed by atoms with Crippen molar-refractivity contribution in [2.75, 3.05) is 0 Å². The van der Waals surface area contributed by atoms with Gasteiger partial charge in [0.1, 0.15) is 0 Å². The van der Waals surface area contributed by atoms with Gasteiger partial charge in [-0.3, -0.25) is 10.1 Å². The fourth-order valence-electron chi connectivity index (χ4n) is 1.82. The number of aromatic nitrogens is 2. The van der Waals surface area contributed by atoms with Crippen molar-refractivity contribution in [1.29, 1.82) is 0 Å². The molecule has 0 unspecified atom stereocenters. The quantitative estimate of drug-likeness (QED) is 0.659. The normalized spacial score (nSPS) is 10.8. The molecule has 110 valence electrons. The van der Waals surface area contributed by atoms with E-state index in [1.807, 2.05) is 13.8 Å². The topological polar surface area (TPSA) is 118 Å². The van der Waals surface area contributed by atoms with Crippen molar-refractivity contribution in [3.63, 3.8) is 0 Å². The van der Waals surface area contributed by atoms with Gasteiger partial charge in [-0.25, -0.2) is 9.48 Å². The van der Waals surface area contributed by atoms with Crippen molar-refractivity contribution >= 4 is 11.7 Å². The molecule has 0 saturated heterocycles. The number of nitro groups is 1. The minimum atomic E-state index is -1.19. The molecule has 0 aliphatic carbocycles. The summed E-state index contributed by atoms with van der Waals surface area (Å²) < 4.78 is 1.12. The van der Waals surface area contributed by atoms with E-state index < -0.39 is 22.3 Å². The minimum absolute atomic E-state index is 0.0106. The van der Waals surface area contributed by atoms with Crippen LogP contribution >= 0.6 is 0 Å². The van der Waals surface area contributed by atoms with Gasteiger partial charge in [0.15, 0.2) is 11.4 Å². The summed E-state index contributed by atoms with van der Waals surface area (Å²) in [5.74, 6) is -1.67. The summed E-state index contributed by atoms with van der Waals surface area (Å²) in [6, 6.07) is 5.01. The zero-order valence-corrected chi connectivity index (χ0v) is 11.3. The fourth-order valence-corrected chi connectivity index (χ4v) is 1.82. The molecule has 8 nitrogen and oxygen atoms in total. The van der Waals surface area contributed by atoms with E-state index in [0.29, 0.717) is 5.69 Å². The number of benzene rings is 1. The van der Waals surface area contributed by atoms with Gasteiger partial charge in [0.2, 0.25) is 0 Å². The average molecular weight is 291 g/mol. The zero-order chi connectivity index (χ0) is 15.7. The Labute approximate surface area is 119 Å². The SMILES string of the molecule is CC(C)c1cc(C(=O)O)n(-c2ccc(O)c([N+](=O)[O-])c2)n1. The van der Waals surface area contributed by atoms with Gasteiger partial charge < -0.3 is 10.2 Å². The Morgan fingerprint density at radius 1 is 1.38 bits per heavy atom. The monoisotopic (exact) mass is 291 g/mol. The largest absolute Gasteiger partial charge is 0.502 e. The van der Waals surface area contributed by atoms with E-state index in [0.717, 1.165) is 16.8 Å². The predicted octanol–water partition coefficient (Wildman–Crippen LogP) is 2.31. The summed E-state index contributed by atoms with van der Waals surface area (Å²) in [6.07, 6.45) is 0. The molecule has 0 amide bonds. The highest BCUT2D eigenvalue weighted by molar-refractivity contribution is 5.86. The van der Waals surface area contributed by atoms with Crippen LogP contribution in [0.2, 0.25) is 0 Å². The van der Waals surface area contributed by atoms with Crippen LogP contribution < -0.4 is 0 Å². The lowest BCUT2D eigenvalue weighted by atomic mass is 10.1. The summed E-state index contributed by atoms with van der Waals surface area (Å²) >= 11 is 0. The molecule has 0 aliphatic rings. The fraction of sp³-hybridized carbons (Fsp3) is 0.231. The number of hydrogen-bond acceptors (Lipinski definition) is 5. The predicted molar refractivity (Wildman–Crippen MR) is 72.9 cm³/mol. The Hall–Kier alpha value is -2.90. The summed E-state index contributed by atoms with van der Waals surface area (Å²) in [6.45, 7) is 3.72.